The van der Waals surface area contributed by atoms with E-state index in [-0.39, 0.29) is 29.2 Å². The standard InChI is InChI=1S/C31H38ClF2N3O2/c1-18-13-21-24(15-25(18)32)31(28(38)27(21)35(5)6)9-11-36(12-10-31)29(39)23-17-37(30(2,3)4)16-22(23)20-8-7-19(33)14-26(20)34/h7-8,13-15,22-23,27H,9-12,16-17H2,1-6H3/t22-,23+,27?/m0/s1. The fourth-order valence-electron chi connectivity index (χ4n) is 6.97. The van der Waals surface area contributed by atoms with E-state index >= 15 is 0 Å². The van der Waals surface area contributed by atoms with Crippen molar-refractivity contribution in [2.24, 2.45) is 5.92 Å². The van der Waals surface area contributed by atoms with Crippen LogP contribution in [0.5, 0.6) is 0 Å². The summed E-state index contributed by atoms with van der Waals surface area (Å²) in [5.41, 5.74) is 2.45. The predicted molar refractivity (Wildman–Crippen MR) is 149 cm³/mol. The molecule has 0 saturated carbocycles. The molecular formula is C31H38ClF2N3O2. The van der Waals surface area contributed by atoms with Crippen molar-refractivity contribution in [3.05, 3.63) is 69.2 Å². The smallest absolute Gasteiger partial charge is 0.227 e. The molecule has 0 radical (unpaired) electrons. The Morgan fingerprint density at radius 3 is 2.31 bits per heavy atom. The van der Waals surface area contributed by atoms with E-state index in [0.717, 1.165) is 22.8 Å². The van der Waals surface area contributed by atoms with Crippen LogP contribution in [0.3, 0.4) is 0 Å². The van der Waals surface area contributed by atoms with Crippen LogP contribution >= 0.6 is 11.6 Å². The number of benzene rings is 2. The first-order valence-corrected chi connectivity index (χ1v) is 14.1. The lowest BCUT2D eigenvalue weighted by molar-refractivity contribution is -0.140. The second-order valence-electron chi connectivity index (χ2n) is 12.8. The molecule has 2 aromatic carbocycles. The monoisotopic (exact) mass is 557 g/mol. The Balaban J connectivity index is 1.42. The summed E-state index contributed by atoms with van der Waals surface area (Å²) < 4.78 is 28.6. The van der Waals surface area contributed by atoms with Gasteiger partial charge in [0.05, 0.1) is 17.4 Å². The molecule has 1 spiro atoms. The van der Waals surface area contributed by atoms with Gasteiger partial charge in [0.1, 0.15) is 11.6 Å². The number of halogens is 3. The number of Topliss-reactive ketones (excluding diaryl/α,β-unsaturated/α-hetero) is 1. The number of nitrogens with zero attached hydrogens (tertiary/aromatic N) is 3. The van der Waals surface area contributed by atoms with E-state index < -0.39 is 23.0 Å². The summed E-state index contributed by atoms with van der Waals surface area (Å²) >= 11 is 6.53. The SMILES string of the molecule is Cc1cc2c(cc1Cl)C1(CCN(C(=O)[C@@H]3CN(C(C)(C)C)C[C@H]3c3ccc(F)cc3F)CC1)C(=O)C2N(C)C. The number of ketones is 1. The summed E-state index contributed by atoms with van der Waals surface area (Å²) in [6.07, 6.45) is 1.05. The van der Waals surface area contributed by atoms with Crippen molar-refractivity contribution in [3.63, 3.8) is 0 Å². The lowest BCUT2D eigenvalue weighted by Gasteiger charge is -2.40. The first-order chi connectivity index (χ1) is 18.2. The molecule has 210 valence electrons. The van der Waals surface area contributed by atoms with Gasteiger partial charge in [-0.25, -0.2) is 8.78 Å². The molecule has 2 saturated heterocycles. The third-order valence-corrected chi connectivity index (χ3v) is 9.66. The number of rotatable bonds is 3. The normalized spacial score (nSPS) is 25.1. The first-order valence-electron chi connectivity index (χ1n) is 13.7. The summed E-state index contributed by atoms with van der Waals surface area (Å²) in [4.78, 5) is 34.0. The molecule has 0 aromatic heterocycles. The van der Waals surface area contributed by atoms with Crippen LogP contribution in [0.2, 0.25) is 5.02 Å². The van der Waals surface area contributed by atoms with E-state index in [1.165, 1.54) is 12.1 Å². The maximum Gasteiger partial charge on any atom is 0.227 e. The third kappa shape index (κ3) is 4.70. The van der Waals surface area contributed by atoms with Gasteiger partial charge in [-0.2, -0.15) is 0 Å². The lowest BCUT2D eigenvalue weighted by atomic mass is 9.72. The Bertz CT molecular complexity index is 1310. The average molecular weight is 558 g/mol. The minimum atomic E-state index is -0.673. The van der Waals surface area contributed by atoms with E-state index in [4.69, 9.17) is 11.6 Å². The minimum absolute atomic E-state index is 0.0258. The highest BCUT2D eigenvalue weighted by atomic mass is 35.5. The number of likely N-dealkylation sites (tertiary alicyclic amines) is 2. The molecule has 2 fully saturated rings. The molecule has 3 aliphatic rings. The van der Waals surface area contributed by atoms with Crippen LogP contribution in [0.15, 0.2) is 30.3 Å². The van der Waals surface area contributed by atoms with Crippen LogP contribution in [-0.4, -0.2) is 72.2 Å². The fourth-order valence-corrected chi connectivity index (χ4v) is 7.13. The first kappa shape index (κ1) is 28.2. The Morgan fingerprint density at radius 1 is 1.05 bits per heavy atom. The largest absolute Gasteiger partial charge is 0.342 e. The number of aryl methyl sites for hydroxylation is 1. The zero-order valence-electron chi connectivity index (χ0n) is 23.7. The molecular weight excluding hydrogens is 520 g/mol. The molecule has 1 amide bonds. The van der Waals surface area contributed by atoms with Gasteiger partial charge in [0.2, 0.25) is 5.91 Å². The van der Waals surface area contributed by atoms with Gasteiger partial charge < -0.3 is 4.90 Å². The van der Waals surface area contributed by atoms with Gasteiger partial charge in [0, 0.05) is 48.7 Å². The number of amides is 1. The van der Waals surface area contributed by atoms with Crippen LogP contribution in [0.1, 0.15) is 67.8 Å². The van der Waals surface area contributed by atoms with Crippen LogP contribution < -0.4 is 0 Å². The topological polar surface area (TPSA) is 43.9 Å². The van der Waals surface area contributed by atoms with E-state index in [2.05, 4.69) is 25.7 Å². The summed E-state index contributed by atoms with van der Waals surface area (Å²) in [7, 11) is 3.84. The van der Waals surface area contributed by atoms with Gasteiger partial charge >= 0.3 is 0 Å². The van der Waals surface area contributed by atoms with Crippen molar-refractivity contribution in [1.29, 1.82) is 0 Å². The van der Waals surface area contributed by atoms with E-state index in [0.29, 0.717) is 49.6 Å². The van der Waals surface area contributed by atoms with Crippen LogP contribution in [0, 0.1) is 24.5 Å². The number of fused-ring (bicyclic) bond motifs is 2. The van der Waals surface area contributed by atoms with E-state index in [9.17, 15) is 18.4 Å². The van der Waals surface area contributed by atoms with Crippen molar-refractivity contribution in [2.45, 2.75) is 63.5 Å². The zero-order chi connectivity index (χ0) is 28.4. The van der Waals surface area contributed by atoms with Crippen LogP contribution in [0.4, 0.5) is 8.78 Å². The lowest BCUT2D eigenvalue weighted by Crippen LogP contribution is -2.50. The number of likely N-dealkylation sites (N-methyl/N-ethyl adjacent to an activating group) is 1. The van der Waals surface area contributed by atoms with Crippen molar-refractivity contribution in [2.75, 3.05) is 40.3 Å². The summed E-state index contributed by atoms with van der Waals surface area (Å²) in [6, 6.07) is 7.30. The van der Waals surface area contributed by atoms with Crippen LogP contribution in [-0.2, 0) is 15.0 Å². The molecule has 2 heterocycles. The second kappa shape index (κ2) is 9.93. The summed E-state index contributed by atoms with van der Waals surface area (Å²) in [5, 5.41) is 0.649. The molecule has 3 atom stereocenters. The fraction of sp³-hybridized carbons (Fsp3) is 0.548. The number of hydrogen-bond donors (Lipinski definition) is 0. The molecule has 0 N–H and O–H groups in total. The summed E-state index contributed by atoms with van der Waals surface area (Å²) in [5.74, 6) is -1.91. The second-order valence-corrected chi connectivity index (χ2v) is 13.2. The van der Waals surface area contributed by atoms with Crippen LogP contribution in [0.25, 0.3) is 0 Å². The molecule has 8 heteroatoms. The average Bonchev–Trinajstić information content (AvgIpc) is 3.39. The zero-order valence-corrected chi connectivity index (χ0v) is 24.4. The molecule has 5 nitrogen and oxygen atoms in total. The van der Waals surface area contributed by atoms with Crippen molar-refractivity contribution in [3.8, 4) is 0 Å². The highest BCUT2D eigenvalue weighted by Gasteiger charge is 2.54. The van der Waals surface area contributed by atoms with E-state index in [1.54, 1.807) is 0 Å². The van der Waals surface area contributed by atoms with Crippen molar-refractivity contribution in [1.82, 2.24) is 14.7 Å². The molecule has 5 rings (SSSR count). The number of carbonyl (C=O) groups excluding carboxylic acids is 2. The molecule has 2 aliphatic heterocycles. The van der Waals surface area contributed by atoms with Gasteiger partial charge in [-0.05, 0) is 89.0 Å². The number of hydrogen-bond acceptors (Lipinski definition) is 4. The molecule has 1 unspecified atom stereocenters. The number of piperidine rings is 1. The van der Waals surface area contributed by atoms with Gasteiger partial charge in [-0.1, -0.05) is 23.7 Å². The predicted octanol–water partition coefficient (Wildman–Crippen LogP) is 5.49. The Kier molecular flexibility index (Phi) is 7.18. The van der Waals surface area contributed by atoms with E-state index in [1.807, 2.05) is 43.0 Å². The molecule has 0 bridgehead atoms. The quantitative estimate of drug-likeness (QED) is 0.501. The maximum absolute atomic E-state index is 14.9. The van der Waals surface area contributed by atoms with Gasteiger partial charge in [0.25, 0.3) is 0 Å². The Labute approximate surface area is 235 Å². The molecule has 39 heavy (non-hydrogen) atoms. The highest BCUT2D eigenvalue weighted by molar-refractivity contribution is 6.31. The third-order valence-electron chi connectivity index (χ3n) is 9.25. The summed E-state index contributed by atoms with van der Waals surface area (Å²) in [6.45, 7) is 10.1. The molecule has 1 aliphatic carbocycles. The highest BCUT2D eigenvalue weighted by Crippen LogP contribution is 2.51. The molecule has 2 aromatic rings. The van der Waals surface area contributed by atoms with Gasteiger partial charge in [0.15, 0.2) is 5.78 Å². The van der Waals surface area contributed by atoms with Gasteiger partial charge in [-0.3, -0.25) is 19.4 Å². The minimum Gasteiger partial charge on any atom is -0.342 e. The maximum atomic E-state index is 14.9. The van der Waals surface area contributed by atoms with Gasteiger partial charge in [-0.15, -0.1) is 0 Å². The number of carbonyl (C=O) groups is 2. The Morgan fingerprint density at radius 2 is 1.72 bits per heavy atom. The van der Waals surface area contributed by atoms with Crippen molar-refractivity contribution >= 4 is 23.3 Å². The van der Waals surface area contributed by atoms with Crippen molar-refractivity contribution < 1.29 is 18.4 Å². The Hall–Kier alpha value is -2.35.